The molecule has 27 heavy (non-hydrogen) atoms. The minimum Gasteiger partial charge on any atom is -0.302 e. The lowest BCUT2D eigenvalue weighted by molar-refractivity contribution is -0.118. The highest BCUT2D eigenvalue weighted by molar-refractivity contribution is 7.99. The average Bonchev–Trinajstić information content (AvgIpc) is 3.10. The quantitative estimate of drug-likeness (QED) is 0.374. The van der Waals surface area contributed by atoms with Gasteiger partial charge in [-0.2, -0.15) is 5.10 Å². The van der Waals surface area contributed by atoms with E-state index in [-0.39, 0.29) is 11.7 Å². The number of carbonyl (C=O) groups is 1. The third kappa shape index (κ3) is 5.15. The van der Waals surface area contributed by atoms with E-state index in [0.717, 1.165) is 11.4 Å². The Balaban J connectivity index is 1.60. The molecule has 0 aliphatic rings. The second kappa shape index (κ2) is 9.29. The van der Waals surface area contributed by atoms with Crippen molar-refractivity contribution >= 4 is 35.5 Å². The van der Waals surface area contributed by atoms with Gasteiger partial charge >= 0.3 is 0 Å². The smallest absolute Gasteiger partial charge is 0.250 e. The highest BCUT2D eigenvalue weighted by atomic mass is 35.5. The summed E-state index contributed by atoms with van der Waals surface area (Å²) in [5.74, 6) is 0.689. The van der Waals surface area contributed by atoms with Gasteiger partial charge in [0.1, 0.15) is 0 Å². The monoisotopic (exact) mass is 400 g/mol. The molecule has 0 spiro atoms. The Morgan fingerprint density at radius 3 is 2.78 bits per heavy atom. The van der Waals surface area contributed by atoms with E-state index in [9.17, 15) is 4.79 Å². The fourth-order valence-electron chi connectivity index (χ4n) is 2.28. The summed E-state index contributed by atoms with van der Waals surface area (Å²) in [5.41, 5.74) is 4.07. The maximum atomic E-state index is 12.0. The number of aromatic nitrogens is 4. The molecule has 3 aromatic rings. The average molecular weight is 401 g/mol. The van der Waals surface area contributed by atoms with Crippen molar-refractivity contribution in [2.45, 2.75) is 18.6 Å². The number of rotatable bonds is 7. The molecule has 9 heteroatoms. The summed E-state index contributed by atoms with van der Waals surface area (Å²) < 4.78 is 1.96. The first kappa shape index (κ1) is 19.1. The lowest BCUT2D eigenvalue weighted by atomic mass is 10.2. The molecule has 1 aromatic carbocycles. The number of carbonyl (C=O) groups excluding carboxylic acids is 1. The van der Waals surface area contributed by atoms with Gasteiger partial charge in [0, 0.05) is 23.3 Å². The van der Waals surface area contributed by atoms with Gasteiger partial charge in [0.15, 0.2) is 11.0 Å². The number of benzene rings is 1. The van der Waals surface area contributed by atoms with Crippen molar-refractivity contribution in [3.8, 4) is 11.4 Å². The summed E-state index contributed by atoms with van der Waals surface area (Å²) in [6, 6.07) is 12.9. The third-order valence-corrected chi connectivity index (χ3v) is 4.76. The van der Waals surface area contributed by atoms with Crippen molar-refractivity contribution in [1.82, 2.24) is 25.2 Å². The number of halogens is 1. The third-order valence-electron chi connectivity index (χ3n) is 3.54. The fourth-order valence-corrected chi connectivity index (χ4v) is 3.20. The highest BCUT2D eigenvalue weighted by Crippen LogP contribution is 2.24. The predicted molar refractivity (Wildman–Crippen MR) is 107 cm³/mol. The number of hydrazone groups is 1. The summed E-state index contributed by atoms with van der Waals surface area (Å²) in [6.07, 6.45) is 3.16. The van der Waals surface area contributed by atoms with E-state index in [1.165, 1.54) is 18.0 Å². The highest BCUT2D eigenvalue weighted by Gasteiger charge is 2.14. The van der Waals surface area contributed by atoms with Gasteiger partial charge in [-0.25, -0.2) is 5.43 Å². The van der Waals surface area contributed by atoms with Gasteiger partial charge in [-0.1, -0.05) is 29.4 Å². The topological polar surface area (TPSA) is 85.1 Å². The summed E-state index contributed by atoms with van der Waals surface area (Å²) in [5, 5.41) is 13.7. The Labute approximate surface area is 165 Å². The van der Waals surface area contributed by atoms with Crippen molar-refractivity contribution in [2.75, 3.05) is 5.75 Å². The molecule has 3 rings (SSSR count). The molecule has 2 heterocycles. The Kier molecular flexibility index (Phi) is 6.56. The molecule has 1 amide bonds. The van der Waals surface area contributed by atoms with Crippen LogP contribution in [-0.4, -0.2) is 37.6 Å². The molecule has 1 N–H and O–H groups in total. The van der Waals surface area contributed by atoms with E-state index >= 15 is 0 Å². The summed E-state index contributed by atoms with van der Waals surface area (Å²) in [6.45, 7) is 2.69. The van der Waals surface area contributed by atoms with E-state index in [1.54, 1.807) is 12.3 Å². The van der Waals surface area contributed by atoms with Gasteiger partial charge in [0.05, 0.1) is 17.7 Å². The molecule has 2 aromatic heterocycles. The number of hydrogen-bond donors (Lipinski definition) is 1. The number of hydrogen-bond acceptors (Lipinski definition) is 6. The lowest BCUT2D eigenvalue weighted by Gasteiger charge is -2.07. The molecule has 7 nitrogen and oxygen atoms in total. The molecule has 0 radical (unpaired) electrons. The molecule has 0 saturated heterocycles. The van der Waals surface area contributed by atoms with Gasteiger partial charge < -0.3 is 4.57 Å². The lowest BCUT2D eigenvalue weighted by Crippen LogP contribution is -2.20. The van der Waals surface area contributed by atoms with Crippen molar-refractivity contribution in [3.05, 3.63) is 59.4 Å². The van der Waals surface area contributed by atoms with Crippen LogP contribution in [0, 0.1) is 0 Å². The van der Waals surface area contributed by atoms with Gasteiger partial charge in [0.25, 0.3) is 5.91 Å². The molecular formula is C18H17ClN6OS. The second-order valence-electron chi connectivity index (χ2n) is 5.39. The van der Waals surface area contributed by atoms with E-state index in [0.29, 0.717) is 22.4 Å². The standard InChI is InChI=1S/C18H17ClN6OS/c1-2-25-17(13-6-8-14(19)9-7-13)23-24-18(25)27-12-16(26)22-21-11-15-5-3-4-10-20-15/h3-11H,2,12H2,1H3,(H,22,26)/b21-11+. The van der Waals surface area contributed by atoms with Crippen LogP contribution in [-0.2, 0) is 11.3 Å². The number of thioether (sulfide) groups is 1. The van der Waals surface area contributed by atoms with Gasteiger partial charge in [-0.05, 0) is 43.3 Å². The second-order valence-corrected chi connectivity index (χ2v) is 6.77. The first-order valence-electron chi connectivity index (χ1n) is 8.22. The summed E-state index contributed by atoms with van der Waals surface area (Å²) in [7, 11) is 0. The zero-order valence-corrected chi connectivity index (χ0v) is 16.1. The van der Waals surface area contributed by atoms with Crippen LogP contribution in [0.4, 0.5) is 0 Å². The zero-order valence-electron chi connectivity index (χ0n) is 14.5. The molecule has 0 fully saturated rings. The van der Waals surface area contributed by atoms with Gasteiger partial charge in [0.2, 0.25) is 0 Å². The zero-order chi connectivity index (χ0) is 19.1. The van der Waals surface area contributed by atoms with Crippen molar-refractivity contribution < 1.29 is 4.79 Å². The van der Waals surface area contributed by atoms with Crippen molar-refractivity contribution in [2.24, 2.45) is 5.10 Å². The van der Waals surface area contributed by atoms with E-state index in [1.807, 2.05) is 47.9 Å². The Morgan fingerprint density at radius 1 is 1.26 bits per heavy atom. The minimum atomic E-state index is -0.231. The minimum absolute atomic E-state index is 0.179. The van der Waals surface area contributed by atoms with Crippen LogP contribution < -0.4 is 5.43 Å². The molecule has 0 unspecified atom stereocenters. The van der Waals surface area contributed by atoms with Crippen molar-refractivity contribution in [1.29, 1.82) is 0 Å². The molecule has 0 atom stereocenters. The van der Waals surface area contributed by atoms with Crippen LogP contribution in [0.5, 0.6) is 0 Å². The number of nitrogens with one attached hydrogen (secondary N) is 1. The predicted octanol–water partition coefficient (Wildman–Crippen LogP) is 3.26. The van der Waals surface area contributed by atoms with Crippen LogP contribution in [0.15, 0.2) is 58.9 Å². The fraction of sp³-hybridized carbons (Fsp3) is 0.167. The Hall–Kier alpha value is -2.71. The van der Waals surface area contributed by atoms with Gasteiger partial charge in [-0.3, -0.25) is 9.78 Å². The van der Waals surface area contributed by atoms with Crippen LogP contribution >= 0.6 is 23.4 Å². The number of amides is 1. The van der Waals surface area contributed by atoms with Crippen LogP contribution in [0.2, 0.25) is 5.02 Å². The van der Waals surface area contributed by atoms with Crippen molar-refractivity contribution in [3.63, 3.8) is 0 Å². The maximum absolute atomic E-state index is 12.0. The van der Waals surface area contributed by atoms with Crippen LogP contribution in [0.25, 0.3) is 11.4 Å². The summed E-state index contributed by atoms with van der Waals surface area (Å²) >= 11 is 7.24. The molecular weight excluding hydrogens is 384 g/mol. The van der Waals surface area contributed by atoms with Crippen LogP contribution in [0.1, 0.15) is 12.6 Å². The Bertz CT molecular complexity index is 927. The first-order valence-corrected chi connectivity index (χ1v) is 9.58. The molecule has 138 valence electrons. The van der Waals surface area contributed by atoms with E-state index in [2.05, 4.69) is 25.7 Å². The molecule has 0 aliphatic carbocycles. The van der Waals surface area contributed by atoms with Gasteiger partial charge in [-0.15, -0.1) is 10.2 Å². The van der Waals surface area contributed by atoms with E-state index in [4.69, 9.17) is 11.6 Å². The normalized spacial score (nSPS) is 11.0. The van der Waals surface area contributed by atoms with E-state index < -0.39 is 0 Å². The molecule has 0 aliphatic heterocycles. The maximum Gasteiger partial charge on any atom is 0.250 e. The molecule has 0 saturated carbocycles. The first-order chi connectivity index (χ1) is 13.2. The number of pyridine rings is 1. The summed E-state index contributed by atoms with van der Waals surface area (Å²) in [4.78, 5) is 16.1. The SMILES string of the molecule is CCn1c(SCC(=O)N/N=C/c2ccccn2)nnc1-c1ccc(Cl)cc1. The largest absolute Gasteiger partial charge is 0.302 e. The molecule has 0 bridgehead atoms. The number of nitrogens with zero attached hydrogens (tertiary/aromatic N) is 5. The van der Waals surface area contributed by atoms with Crippen LogP contribution in [0.3, 0.4) is 0 Å². The Morgan fingerprint density at radius 2 is 2.07 bits per heavy atom.